The van der Waals surface area contributed by atoms with Gasteiger partial charge in [0.15, 0.2) is 5.82 Å². The normalized spacial score (nSPS) is 17.7. The highest BCUT2D eigenvalue weighted by molar-refractivity contribution is 5.78. The first kappa shape index (κ1) is 26.8. The van der Waals surface area contributed by atoms with Gasteiger partial charge in [-0.3, -0.25) is 14.5 Å². The van der Waals surface area contributed by atoms with Gasteiger partial charge in [-0.25, -0.2) is 9.97 Å². The van der Waals surface area contributed by atoms with E-state index in [2.05, 4.69) is 40.6 Å². The summed E-state index contributed by atoms with van der Waals surface area (Å²) in [7, 11) is 3.59. The molecule has 5 rings (SSSR count). The number of carbonyl (C=O) groups excluding carboxylic acids is 1. The largest absolute Gasteiger partial charge is 0.483 e. The minimum absolute atomic E-state index is 0.0981. The van der Waals surface area contributed by atoms with Crippen molar-refractivity contribution < 1.29 is 19.4 Å². The van der Waals surface area contributed by atoms with Crippen molar-refractivity contribution in [1.82, 2.24) is 19.8 Å². The zero-order valence-corrected chi connectivity index (χ0v) is 21.8. The van der Waals surface area contributed by atoms with Crippen LogP contribution in [0.3, 0.4) is 0 Å². The molecule has 0 saturated heterocycles. The molecule has 0 bridgehead atoms. The maximum atomic E-state index is 12.3. The van der Waals surface area contributed by atoms with Crippen LogP contribution in [0.1, 0.15) is 67.1 Å². The molecule has 1 saturated carbocycles. The quantitative estimate of drug-likeness (QED) is 0.561. The Kier molecular flexibility index (Phi) is 9.24. The summed E-state index contributed by atoms with van der Waals surface area (Å²) in [6.45, 7) is 2.75. The number of amides is 1. The standard InChI is InChI=1S/C27H35N5O2.CH2O2/c1-31(2)25(33)18-32-16-23-24(17-32)29-26(21-12-14-34-15-13-21)30-27(23)28-22-10-8-20(9-11-22)19-6-4-3-5-7-19;2-1-3/h8-12,19H,3-7,13-18H2,1-2H3,(H,28,29,30);1H,(H,2,3). The van der Waals surface area contributed by atoms with Crippen molar-refractivity contribution >= 4 is 29.5 Å². The lowest BCUT2D eigenvalue weighted by Crippen LogP contribution is -2.33. The second-order valence-corrected chi connectivity index (χ2v) is 10.00. The number of fused-ring (bicyclic) bond motifs is 1. The molecule has 2 N–H and O–H groups in total. The van der Waals surface area contributed by atoms with E-state index in [0.717, 1.165) is 40.6 Å². The predicted molar refractivity (Wildman–Crippen MR) is 142 cm³/mol. The lowest BCUT2D eigenvalue weighted by Gasteiger charge is -2.22. The smallest absolute Gasteiger partial charge is 0.290 e. The second kappa shape index (κ2) is 12.8. The maximum Gasteiger partial charge on any atom is 0.290 e. The zero-order valence-electron chi connectivity index (χ0n) is 21.8. The topological polar surface area (TPSA) is 108 Å². The van der Waals surface area contributed by atoms with E-state index >= 15 is 0 Å². The van der Waals surface area contributed by atoms with Crippen molar-refractivity contribution in [3.63, 3.8) is 0 Å². The highest BCUT2D eigenvalue weighted by Gasteiger charge is 2.28. The first-order valence-electron chi connectivity index (χ1n) is 13.0. The Bertz CT molecular complexity index is 1110. The van der Waals surface area contributed by atoms with E-state index in [1.54, 1.807) is 19.0 Å². The molecule has 1 aliphatic carbocycles. The molecule has 0 spiro atoms. The average Bonchev–Trinajstić information content (AvgIpc) is 3.33. The highest BCUT2D eigenvalue weighted by atomic mass is 16.5. The van der Waals surface area contributed by atoms with Crippen molar-refractivity contribution in [2.24, 2.45) is 0 Å². The van der Waals surface area contributed by atoms with Gasteiger partial charge in [0.2, 0.25) is 5.91 Å². The van der Waals surface area contributed by atoms with Crippen LogP contribution >= 0.6 is 0 Å². The summed E-state index contributed by atoms with van der Waals surface area (Å²) in [6, 6.07) is 8.88. The molecule has 2 aromatic rings. The van der Waals surface area contributed by atoms with E-state index in [1.165, 1.54) is 37.7 Å². The monoisotopic (exact) mass is 507 g/mol. The number of nitrogens with zero attached hydrogens (tertiary/aromatic N) is 4. The molecule has 2 aliphatic heterocycles. The van der Waals surface area contributed by atoms with Gasteiger partial charge < -0.3 is 20.1 Å². The zero-order chi connectivity index (χ0) is 26.2. The Morgan fingerprint density at radius 3 is 2.54 bits per heavy atom. The van der Waals surface area contributed by atoms with Crippen LogP contribution in [-0.2, 0) is 27.4 Å². The third-order valence-electron chi connectivity index (χ3n) is 7.21. The van der Waals surface area contributed by atoms with E-state index in [1.807, 2.05) is 0 Å². The third kappa shape index (κ3) is 6.93. The van der Waals surface area contributed by atoms with E-state index in [0.29, 0.717) is 38.8 Å². The SMILES string of the molecule is CN(C)C(=O)CN1Cc2nc(C3=CCOCC3)nc(Nc3ccc(C4CCCCC4)cc3)c2C1.O=CO. The summed E-state index contributed by atoms with van der Waals surface area (Å²) in [5.41, 5.74) is 5.70. The fourth-order valence-electron chi connectivity index (χ4n) is 5.15. The van der Waals surface area contributed by atoms with Gasteiger partial charge in [-0.05, 0) is 48.4 Å². The summed E-state index contributed by atoms with van der Waals surface area (Å²) in [6.07, 6.45) is 9.55. The highest BCUT2D eigenvalue weighted by Crippen LogP contribution is 2.34. The van der Waals surface area contributed by atoms with Crippen LogP contribution in [0, 0.1) is 0 Å². The van der Waals surface area contributed by atoms with E-state index < -0.39 is 0 Å². The van der Waals surface area contributed by atoms with Crippen LogP contribution < -0.4 is 5.32 Å². The fourth-order valence-corrected chi connectivity index (χ4v) is 5.15. The fraction of sp³-hybridized carbons (Fsp3) is 0.500. The second-order valence-electron chi connectivity index (χ2n) is 10.00. The van der Waals surface area contributed by atoms with Crippen LogP contribution in [0.5, 0.6) is 0 Å². The minimum Gasteiger partial charge on any atom is -0.483 e. The van der Waals surface area contributed by atoms with Crippen LogP contribution in [-0.4, -0.2) is 71.1 Å². The Balaban J connectivity index is 0.00000102. The molecule has 0 atom stereocenters. The van der Waals surface area contributed by atoms with Gasteiger partial charge in [0.1, 0.15) is 5.82 Å². The number of carbonyl (C=O) groups is 2. The maximum absolute atomic E-state index is 12.3. The molecule has 0 unspecified atom stereocenters. The number of nitrogens with one attached hydrogen (secondary N) is 1. The first-order valence-corrected chi connectivity index (χ1v) is 13.0. The van der Waals surface area contributed by atoms with Crippen molar-refractivity contribution in [2.75, 3.05) is 39.2 Å². The summed E-state index contributed by atoms with van der Waals surface area (Å²) >= 11 is 0. The summed E-state index contributed by atoms with van der Waals surface area (Å²) in [5, 5.41) is 10.5. The van der Waals surface area contributed by atoms with Crippen LogP contribution in [0.25, 0.3) is 5.57 Å². The summed E-state index contributed by atoms with van der Waals surface area (Å²) < 4.78 is 5.49. The van der Waals surface area contributed by atoms with Gasteiger partial charge in [-0.2, -0.15) is 0 Å². The van der Waals surface area contributed by atoms with Crippen molar-refractivity contribution in [3.8, 4) is 0 Å². The molecule has 3 heterocycles. The summed E-state index contributed by atoms with van der Waals surface area (Å²) in [4.78, 5) is 34.3. The average molecular weight is 508 g/mol. The number of anilines is 2. The molecule has 1 amide bonds. The number of benzene rings is 1. The number of carboxylic acid groups (broad SMARTS) is 1. The van der Waals surface area contributed by atoms with Crippen molar-refractivity contribution in [2.45, 2.75) is 57.5 Å². The number of hydrogen-bond donors (Lipinski definition) is 2. The third-order valence-corrected chi connectivity index (χ3v) is 7.21. The summed E-state index contributed by atoms with van der Waals surface area (Å²) in [5.74, 6) is 2.41. The lowest BCUT2D eigenvalue weighted by molar-refractivity contribution is -0.130. The van der Waals surface area contributed by atoms with Crippen molar-refractivity contribution in [3.05, 3.63) is 53.0 Å². The molecule has 1 aromatic carbocycles. The van der Waals surface area contributed by atoms with Crippen molar-refractivity contribution in [1.29, 1.82) is 0 Å². The molecule has 9 nitrogen and oxygen atoms in total. The molecule has 9 heteroatoms. The number of aromatic nitrogens is 2. The Morgan fingerprint density at radius 1 is 1.16 bits per heavy atom. The number of likely N-dealkylation sites (N-methyl/N-ethyl adjacent to an activating group) is 1. The number of ether oxygens (including phenoxy) is 1. The first-order chi connectivity index (χ1) is 18.0. The van der Waals surface area contributed by atoms with Gasteiger partial charge >= 0.3 is 0 Å². The van der Waals surface area contributed by atoms with Gasteiger partial charge in [0.25, 0.3) is 6.47 Å². The Labute approximate surface area is 218 Å². The van der Waals surface area contributed by atoms with Gasteiger partial charge in [0.05, 0.1) is 25.5 Å². The van der Waals surface area contributed by atoms with Gasteiger partial charge in [-0.15, -0.1) is 0 Å². The predicted octanol–water partition coefficient (Wildman–Crippen LogP) is 4.18. The van der Waals surface area contributed by atoms with Crippen LogP contribution in [0.2, 0.25) is 0 Å². The molecule has 3 aliphatic rings. The molecular formula is C28H37N5O4. The Morgan fingerprint density at radius 2 is 1.89 bits per heavy atom. The van der Waals surface area contributed by atoms with Gasteiger partial charge in [-0.1, -0.05) is 37.5 Å². The van der Waals surface area contributed by atoms with E-state index in [9.17, 15) is 4.79 Å². The molecule has 1 fully saturated rings. The molecule has 0 radical (unpaired) electrons. The van der Waals surface area contributed by atoms with Crippen LogP contribution in [0.15, 0.2) is 30.3 Å². The van der Waals surface area contributed by atoms with Crippen LogP contribution in [0.4, 0.5) is 11.5 Å². The molecule has 37 heavy (non-hydrogen) atoms. The molecule has 1 aromatic heterocycles. The molecule has 198 valence electrons. The number of hydrogen-bond acceptors (Lipinski definition) is 7. The van der Waals surface area contributed by atoms with Gasteiger partial charge in [0, 0.05) is 38.4 Å². The van der Waals surface area contributed by atoms with E-state index in [-0.39, 0.29) is 12.4 Å². The Hall–Kier alpha value is -3.30. The van der Waals surface area contributed by atoms with E-state index in [4.69, 9.17) is 24.6 Å². The molecular weight excluding hydrogens is 470 g/mol. The minimum atomic E-state index is -0.250. The number of rotatable bonds is 6. The lowest BCUT2D eigenvalue weighted by atomic mass is 9.84.